The van der Waals surface area contributed by atoms with Crippen molar-refractivity contribution in [2.75, 3.05) is 26.2 Å². The Hall–Kier alpha value is -2.36. The van der Waals surface area contributed by atoms with Gasteiger partial charge in [0, 0.05) is 46.0 Å². The lowest BCUT2D eigenvalue weighted by atomic mass is 9.72. The molecule has 3 atom stereocenters. The average Bonchev–Trinajstić information content (AvgIpc) is 3.71. The van der Waals surface area contributed by atoms with Crippen LogP contribution < -0.4 is 10.6 Å². The second kappa shape index (κ2) is 20.4. The Kier molecular flexibility index (Phi) is 18.3. The van der Waals surface area contributed by atoms with E-state index in [1.54, 1.807) is 4.90 Å². The summed E-state index contributed by atoms with van der Waals surface area (Å²) in [7, 11) is 0. The lowest BCUT2D eigenvalue weighted by molar-refractivity contribution is -0.140. The molecule has 1 amide bonds. The summed E-state index contributed by atoms with van der Waals surface area (Å²) >= 11 is 0. The summed E-state index contributed by atoms with van der Waals surface area (Å²) in [4.78, 5) is 59.1. The molecule has 1 unspecified atom stereocenters. The zero-order chi connectivity index (χ0) is 46.2. The summed E-state index contributed by atoms with van der Waals surface area (Å²) in [6.45, 7) is 39.4. The van der Waals surface area contributed by atoms with Crippen LogP contribution in [-0.4, -0.2) is 92.7 Å². The summed E-state index contributed by atoms with van der Waals surface area (Å²) in [6.07, 6.45) is 18.1. The average molecular weight is 841 g/mol. The third kappa shape index (κ3) is 15.5. The first-order valence-corrected chi connectivity index (χ1v) is 23.3. The van der Waals surface area contributed by atoms with Crippen molar-refractivity contribution in [3.63, 3.8) is 0 Å². The number of carbonyl (C=O) groups is 4. The highest BCUT2D eigenvalue weighted by Crippen LogP contribution is 2.43. The molecular weight excluding hydrogens is 749 g/mol. The summed E-state index contributed by atoms with van der Waals surface area (Å²) in [6, 6.07) is 0. The first-order valence-electron chi connectivity index (χ1n) is 23.3. The maximum Gasteiger partial charge on any atom is 0.409 e. The highest BCUT2D eigenvalue weighted by molar-refractivity contribution is 5.95. The number of unbranched alkanes of at least 4 members (excludes halogenated alkanes) is 3. The number of nitrogens with zero attached hydrogens (tertiary/aromatic N) is 2. The SMILES string of the molecule is CC(C)(C)NC(CCC/C=C/CCCOC(=O)N1CC[C@@](NC(C)(C)C)(C(=O)C(C)(C)C)C1)(CCC/C=C/C[C@@]1(C(=O)C(C)(C)C)CCCN1C(C)(C)C)C(=O)C(C)(C)C. The number of likely N-dealkylation sites (tertiary alicyclic amines) is 2. The van der Waals surface area contributed by atoms with Gasteiger partial charge in [0.2, 0.25) is 0 Å². The van der Waals surface area contributed by atoms with Crippen molar-refractivity contribution < 1.29 is 23.9 Å². The zero-order valence-electron chi connectivity index (χ0n) is 42.1. The van der Waals surface area contributed by atoms with Crippen LogP contribution in [0.25, 0.3) is 0 Å². The Balaban J connectivity index is 2.02. The minimum absolute atomic E-state index is 0.0938. The van der Waals surface area contributed by atoms with E-state index in [1.165, 1.54) is 0 Å². The van der Waals surface area contributed by atoms with E-state index in [2.05, 4.69) is 102 Å². The largest absolute Gasteiger partial charge is 0.449 e. The molecule has 0 bridgehead atoms. The van der Waals surface area contributed by atoms with Crippen molar-refractivity contribution in [3.8, 4) is 0 Å². The maximum absolute atomic E-state index is 14.4. The molecule has 0 spiro atoms. The van der Waals surface area contributed by atoms with E-state index in [4.69, 9.17) is 4.74 Å². The highest BCUT2D eigenvalue weighted by Gasteiger charge is 2.53. The van der Waals surface area contributed by atoms with Crippen LogP contribution >= 0.6 is 0 Å². The van der Waals surface area contributed by atoms with Crippen molar-refractivity contribution in [2.45, 2.75) is 235 Å². The Labute approximate surface area is 368 Å². The molecule has 0 aromatic carbocycles. The predicted octanol–water partition coefficient (Wildman–Crippen LogP) is 11.2. The molecule has 0 aromatic rings. The minimum atomic E-state index is -0.783. The molecule has 2 aliphatic heterocycles. The molecule has 346 valence electrons. The van der Waals surface area contributed by atoms with Crippen molar-refractivity contribution in [1.29, 1.82) is 0 Å². The molecular formula is C51H92N4O5. The normalized spacial score (nSPS) is 22.5. The summed E-state index contributed by atoms with van der Waals surface area (Å²) in [5.74, 6) is 0.713. The van der Waals surface area contributed by atoms with Crippen molar-refractivity contribution in [2.24, 2.45) is 16.2 Å². The molecule has 2 aliphatic rings. The number of Topliss-reactive ketones (excluding diaryl/α,β-unsaturated/α-hetero) is 3. The van der Waals surface area contributed by atoms with E-state index in [-0.39, 0.29) is 34.3 Å². The van der Waals surface area contributed by atoms with Gasteiger partial charge in [0.15, 0.2) is 17.3 Å². The van der Waals surface area contributed by atoms with Gasteiger partial charge in [-0.2, -0.15) is 0 Å². The van der Waals surface area contributed by atoms with Gasteiger partial charge in [-0.3, -0.25) is 24.6 Å². The number of nitrogens with one attached hydrogen (secondary N) is 2. The van der Waals surface area contributed by atoms with Crippen LogP contribution in [0.5, 0.6) is 0 Å². The number of ether oxygens (including phenoxy) is 1. The van der Waals surface area contributed by atoms with E-state index in [1.807, 2.05) is 62.3 Å². The molecule has 60 heavy (non-hydrogen) atoms. The Bertz CT molecular complexity index is 1510. The molecule has 2 rings (SSSR count). The molecule has 2 saturated heterocycles. The quantitative estimate of drug-likeness (QED) is 0.0978. The molecule has 2 N–H and O–H groups in total. The third-order valence-electron chi connectivity index (χ3n) is 11.9. The fourth-order valence-electron chi connectivity index (χ4n) is 9.94. The van der Waals surface area contributed by atoms with Gasteiger partial charge in [-0.25, -0.2) is 4.79 Å². The molecule has 9 nitrogen and oxygen atoms in total. The molecule has 0 saturated carbocycles. The van der Waals surface area contributed by atoms with E-state index in [0.717, 1.165) is 70.8 Å². The van der Waals surface area contributed by atoms with Gasteiger partial charge in [-0.1, -0.05) is 86.6 Å². The maximum atomic E-state index is 14.4. The van der Waals surface area contributed by atoms with E-state index in [9.17, 15) is 19.2 Å². The topological polar surface area (TPSA) is 108 Å². The number of rotatable bonds is 19. The Morgan fingerprint density at radius 1 is 0.617 bits per heavy atom. The number of ketones is 3. The van der Waals surface area contributed by atoms with Crippen molar-refractivity contribution in [3.05, 3.63) is 24.3 Å². The van der Waals surface area contributed by atoms with Crippen LogP contribution in [0.15, 0.2) is 24.3 Å². The Morgan fingerprint density at radius 3 is 1.60 bits per heavy atom. The van der Waals surface area contributed by atoms with Gasteiger partial charge in [0.25, 0.3) is 0 Å². The van der Waals surface area contributed by atoms with Crippen LogP contribution in [0.3, 0.4) is 0 Å². The number of hydrogen-bond donors (Lipinski definition) is 2. The molecule has 0 aromatic heterocycles. The number of allylic oxidation sites excluding steroid dienone is 3. The Morgan fingerprint density at radius 2 is 1.13 bits per heavy atom. The second-order valence-corrected chi connectivity index (χ2v) is 24.5. The fourth-order valence-corrected chi connectivity index (χ4v) is 9.94. The molecule has 9 heteroatoms. The van der Waals surface area contributed by atoms with Crippen LogP contribution in [-0.2, 0) is 19.1 Å². The summed E-state index contributed by atoms with van der Waals surface area (Å²) < 4.78 is 5.67. The molecule has 2 fully saturated rings. The standard InChI is InChI=1S/C51H92N4O5/c1-43(2,3)39(56)49(52-46(10,11)12,31-26-22-23-27-32-51(41(58)45(7,8)9)33-29-35-55(51)48(16,17)18)30-25-21-19-20-24-28-37-60-42(59)54-36-34-50(38-54,53-47(13,14)15)40(57)44(4,5)6/h19-20,23,27,52-53H,21-22,24-26,28-38H2,1-18H3/b20-19+,27-23+/t49?,50-,51-/m0/s1. The van der Waals surface area contributed by atoms with E-state index in [0.29, 0.717) is 38.3 Å². The van der Waals surface area contributed by atoms with Crippen molar-refractivity contribution >= 4 is 23.4 Å². The number of amides is 1. The molecule has 2 heterocycles. The molecule has 0 aliphatic carbocycles. The van der Waals surface area contributed by atoms with Gasteiger partial charge in [-0.05, 0) is 146 Å². The second-order valence-electron chi connectivity index (χ2n) is 24.5. The van der Waals surface area contributed by atoms with E-state index < -0.39 is 32.9 Å². The summed E-state index contributed by atoms with van der Waals surface area (Å²) in [5, 5.41) is 7.38. The lowest BCUT2D eigenvalue weighted by Gasteiger charge is -2.47. The zero-order valence-corrected chi connectivity index (χ0v) is 42.1. The van der Waals surface area contributed by atoms with Gasteiger partial charge in [0.1, 0.15) is 0 Å². The van der Waals surface area contributed by atoms with Gasteiger partial charge in [-0.15, -0.1) is 0 Å². The highest BCUT2D eigenvalue weighted by atomic mass is 16.6. The first-order chi connectivity index (χ1) is 27.1. The van der Waals surface area contributed by atoms with E-state index >= 15 is 0 Å². The number of carbonyl (C=O) groups excluding carboxylic acids is 4. The predicted molar refractivity (Wildman–Crippen MR) is 250 cm³/mol. The van der Waals surface area contributed by atoms with Gasteiger partial charge < -0.3 is 15.0 Å². The van der Waals surface area contributed by atoms with Crippen LogP contribution in [0, 0.1) is 16.2 Å². The van der Waals surface area contributed by atoms with Gasteiger partial charge >= 0.3 is 6.09 Å². The monoisotopic (exact) mass is 841 g/mol. The van der Waals surface area contributed by atoms with Crippen LogP contribution in [0.1, 0.15) is 202 Å². The fraction of sp³-hybridized carbons (Fsp3) is 0.843. The van der Waals surface area contributed by atoms with Gasteiger partial charge in [0.05, 0.1) is 23.2 Å². The lowest BCUT2D eigenvalue weighted by Crippen LogP contribution is -2.63. The minimum Gasteiger partial charge on any atom is -0.449 e. The smallest absolute Gasteiger partial charge is 0.409 e. The van der Waals surface area contributed by atoms with Crippen LogP contribution in [0.2, 0.25) is 0 Å². The molecule has 0 radical (unpaired) electrons. The van der Waals surface area contributed by atoms with Crippen LogP contribution in [0.4, 0.5) is 4.79 Å². The number of hydrogen-bond acceptors (Lipinski definition) is 8. The summed E-state index contributed by atoms with van der Waals surface area (Å²) in [5.41, 5.74) is -3.98. The van der Waals surface area contributed by atoms with Crippen molar-refractivity contribution in [1.82, 2.24) is 20.4 Å². The first kappa shape index (κ1) is 53.8. The third-order valence-corrected chi connectivity index (χ3v) is 11.9.